The lowest BCUT2D eigenvalue weighted by Crippen LogP contribution is -2.37. The number of esters is 1. The first-order valence-corrected chi connectivity index (χ1v) is 6.31. The largest absolute Gasteiger partial charge is 0.469 e. The second kappa shape index (κ2) is 7.08. The smallest absolute Gasteiger partial charge is 0.319 e. The number of carbonyl (C=O) groups excluding carboxylic acids is 2. The van der Waals surface area contributed by atoms with Crippen LogP contribution in [0.25, 0.3) is 0 Å². The standard InChI is InChI=1S/C12H14BrFN2O3/c1-7(5-11(17)19-2)15-12(18)16-10-6-8(13)3-4-9(10)14/h3-4,6-7H,5H2,1-2H3,(H2,15,16,18). The highest BCUT2D eigenvalue weighted by atomic mass is 79.9. The van der Waals surface area contributed by atoms with Gasteiger partial charge in [-0.2, -0.15) is 0 Å². The van der Waals surface area contributed by atoms with Gasteiger partial charge in [-0.1, -0.05) is 15.9 Å². The van der Waals surface area contributed by atoms with Gasteiger partial charge in [-0.15, -0.1) is 0 Å². The van der Waals surface area contributed by atoms with E-state index in [-0.39, 0.29) is 12.1 Å². The van der Waals surface area contributed by atoms with E-state index in [9.17, 15) is 14.0 Å². The van der Waals surface area contributed by atoms with Gasteiger partial charge in [0.25, 0.3) is 0 Å². The topological polar surface area (TPSA) is 67.4 Å². The minimum absolute atomic E-state index is 0.0465. The highest BCUT2D eigenvalue weighted by Gasteiger charge is 2.13. The molecule has 19 heavy (non-hydrogen) atoms. The lowest BCUT2D eigenvalue weighted by atomic mass is 10.2. The van der Waals surface area contributed by atoms with Gasteiger partial charge in [0.15, 0.2) is 0 Å². The van der Waals surface area contributed by atoms with Crippen LogP contribution in [0, 0.1) is 5.82 Å². The van der Waals surface area contributed by atoms with Crippen molar-refractivity contribution in [2.24, 2.45) is 0 Å². The molecule has 0 saturated carbocycles. The number of ether oxygens (including phenoxy) is 1. The van der Waals surface area contributed by atoms with E-state index >= 15 is 0 Å². The van der Waals surface area contributed by atoms with Gasteiger partial charge in [0, 0.05) is 10.5 Å². The molecule has 0 radical (unpaired) electrons. The lowest BCUT2D eigenvalue weighted by Gasteiger charge is -2.14. The molecule has 0 aromatic heterocycles. The zero-order valence-corrected chi connectivity index (χ0v) is 12.1. The maximum Gasteiger partial charge on any atom is 0.319 e. The molecule has 1 atom stereocenters. The first kappa shape index (κ1) is 15.4. The van der Waals surface area contributed by atoms with Gasteiger partial charge >= 0.3 is 12.0 Å². The minimum atomic E-state index is -0.589. The molecule has 1 aromatic rings. The van der Waals surface area contributed by atoms with Crippen molar-refractivity contribution in [1.29, 1.82) is 0 Å². The Kier molecular flexibility index (Phi) is 5.75. The van der Waals surface area contributed by atoms with Crippen LogP contribution in [0.2, 0.25) is 0 Å². The summed E-state index contributed by atoms with van der Waals surface area (Å²) < 4.78 is 18.5. The molecule has 7 heteroatoms. The molecule has 104 valence electrons. The highest BCUT2D eigenvalue weighted by molar-refractivity contribution is 9.10. The molecule has 1 unspecified atom stereocenters. The maximum atomic E-state index is 13.4. The van der Waals surface area contributed by atoms with Gasteiger partial charge in [0.2, 0.25) is 0 Å². The van der Waals surface area contributed by atoms with Gasteiger partial charge < -0.3 is 15.4 Å². The monoisotopic (exact) mass is 332 g/mol. The molecule has 0 fully saturated rings. The van der Waals surface area contributed by atoms with Crippen molar-refractivity contribution in [3.05, 3.63) is 28.5 Å². The first-order valence-electron chi connectivity index (χ1n) is 5.51. The fourth-order valence-corrected chi connectivity index (χ4v) is 1.72. The number of rotatable bonds is 4. The number of methoxy groups -OCH3 is 1. The Morgan fingerprint density at radius 3 is 2.79 bits per heavy atom. The van der Waals surface area contributed by atoms with E-state index < -0.39 is 23.9 Å². The first-order chi connectivity index (χ1) is 8.92. The molecule has 0 heterocycles. The second-order valence-corrected chi connectivity index (χ2v) is 4.82. The molecule has 0 aliphatic rings. The Morgan fingerprint density at radius 1 is 1.47 bits per heavy atom. The van der Waals surface area contributed by atoms with E-state index in [1.807, 2.05) is 0 Å². The maximum absolute atomic E-state index is 13.4. The molecule has 0 saturated heterocycles. The van der Waals surface area contributed by atoms with Gasteiger partial charge in [-0.25, -0.2) is 9.18 Å². The van der Waals surface area contributed by atoms with Crippen LogP contribution in [0.5, 0.6) is 0 Å². The predicted octanol–water partition coefficient (Wildman–Crippen LogP) is 2.66. The molecule has 2 N–H and O–H groups in total. The fourth-order valence-electron chi connectivity index (χ4n) is 1.36. The number of benzene rings is 1. The summed E-state index contributed by atoms with van der Waals surface area (Å²) in [5.41, 5.74) is 0.0529. The van der Waals surface area contributed by atoms with Crippen molar-refractivity contribution >= 4 is 33.6 Å². The van der Waals surface area contributed by atoms with E-state index in [4.69, 9.17) is 0 Å². The molecular weight excluding hydrogens is 319 g/mol. The van der Waals surface area contributed by atoms with Crippen LogP contribution in [0.3, 0.4) is 0 Å². The van der Waals surface area contributed by atoms with Crippen LogP contribution in [-0.2, 0) is 9.53 Å². The molecule has 1 aromatic carbocycles. The zero-order valence-electron chi connectivity index (χ0n) is 10.5. The number of halogens is 2. The average Bonchev–Trinajstić information content (AvgIpc) is 2.33. The third kappa shape index (κ3) is 5.25. The Morgan fingerprint density at radius 2 is 2.16 bits per heavy atom. The summed E-state index contributed by atoms with van der Waals surface area (Å²) >= 11 is 3.18. The number of hydrogen-bond acceptors (Lipinski definition) is 3. The van der Waals surface area contributed by atoms with Crippen molar-refractivity contribution in [3.8, 4) is 0 Å². The molecule has 0 aliphatic heterocycles. The summed E-state index contributed by atoms with van der Waals surface area (Å²) in [7, 11) is 1.27. The van der Waals surface area contributed by atoms with Crippen LogP contribution < -0.4 is 10.6 Å². The summed E-state index contributed by atoms with van der Waals surface area (Å²) in [6.07, 6.45) is 0.0465. The molecule has 0 spiro atoms. The highest BCUT2D eigenvalue weighted by Crippen LogP contribution is 2.19. The summed E-state index contributed by atoms with van der Waals surface area (Å²) in [5.74, 6) is -0.972. The Bertz CT molecular complexity index is 482. The number of carbonyl (C=O) groups is 2. The number of urea groups is 1. The second-order valence-electron chi connectivity index (χ2n) is 3.90. The van der Waals surface area contributed by atoms with Crippen molar-refractivity contribution in [2.45, 2.75) is 19.4 Å². The predicted molar refractivity (Wildman–Crippen MR) is 72.3 cm³/mol. The van der Waals surface area contributed by atoms with E-state index in [2.05, 4.69) is 31.3 Å². The average molecular weight is 333 g/mol. The Labute approximate surface area is 118 Å². The third-order valence-corrected chi connectivity index (χ3v) is 2.75. The molecule has 0 bridgehead atoms. The van der Waals surface area contributed by atoms with Crippen molar-refractivity contribution < 1.29 is 18.7 Å². The van der Waals surface area contributed by atoms with Crippen molar-refractivity contribution in [2.75, 3.05) is 12.4 Å². The molecule has 1 rings (SSSR count). The minimum Gasteiger partial charge on any atom is -0.469 e. The van der Waals surface area contributed by atoms with Crippen LogP contribution in [0.4, 0.5) is 14.9 Å². The molecule has 0 aliphatic carbocycles. The van der Waals surface area contributed by atoms with E-state index in [0.717, 1.165) is 0 Å². The fraction of sp³-hybridized carbons (Fsp3) is 0.333. The van der Waals surface area contributed by atoms with Gasteiger partial charge in [-0.05, 0) is 25.1 Å². The SMILES string of the molecule is COC(=O)CC(C)NC(=O)Nc1cc(Br)ccc1F. The number of hydrogen-bond donors (Lipinski definition) is 2. The quantitative estimate of drug-likeness (QED) is 0.833. The lowest BCUT2D eigenvalue weighted by molar-refractivity contribution is -0.141. The summed E-state index contributed by atoms with van der Waals surface area (Å²) in [5, 5.41) is 4.87. The summed E-state index contributed by atoms with van der Waals surface area (Å²) in [6.45, 7) is 1.65. The van der Waals surface area contributed by atoms with E-state index in [1.54, 1.807) is 6.92 Å². The van der Waals surface area contributed by atoms with Crippen LogP contribution >= 0.6 is 15.9 Å². The molecule has 5 nitrogen and oxygen atoms in total. The summed E-state index contributed by atoms with van der Waals surface area (Å²) in [4.78, 5) is 22.6. The van der Waals surface area contributed by atoms with Crippen LogP contribution in [0.15, 0.2) is 22.7 Å². The zero-order chi connectivity index (χ0) is 14.4. The van der Waals surface area contributed by atoms with Gasteiger partial charge in [0.05, 0.1) is 19.2 Å². The number of anilines is 1. The van der Waals surface area contributed by atoms with Gasteiger partial charge in [-0.3, -0.25) is 4.79 Å². The molecular formula is C12H14BrFN2O3. The van der Waals surface area contributed by atoms with E-state index in [0.29, 0.717) is 4.47 Å². The normalized spacial score (nSPS) is 11.6. The van der Waals surface area contributed by atoms with Crippen molar-refractivity contribution in [1.82, 2.24) is 5.32 Å². The third-order valence-electron chi connectivity index (χ3n) is 2.25. The van der Waals surface area contributed by atoms with Crippen molar-refractivity contribution in [3.63, 3.8) is 0 Å². The van der Waals surface area contributed by atoms with Crippen LogP contribution in [-0.4, -0.2) is 25.2 Å². The summed E-state index contributed by atoms with van der Waals surface area (Å²) in [6, 6.07) is 3.20. The molecule has 2 amide bonds. The van der Waals surface area contributed by atoms with Gasteiger partial charge in [0.1, 0.15) is 5.82 Å². The van der Waals surface area contributed by atoms with E-state index in [1.165, 1.54) is 25.3 Å². The number of amides is 2. The van der Waals surface area contributed by atoms with Crippen LogP contribution in [0.1, 0.15) is 13.3 Å². The Hall–Kier alpha value is -1.63. The number of nitrogens with one attached hydrogen (secondary N) is 2. The Balaban J connectivity index is 2.55.